The predicted octanol–water partition coefficient (Wildman–Crippen LogP) is 3.82. The normalized spacial score (nSPS) is 12.4. The number of benzene rings is 2. The highest BCUT2D eigenvalue weighted by atomic mass is 32.2. The van der Waals surface area contributed by atoms with Crippen LogP contribution in [0, 0.1) is 6.92 Å². The van der Waals surface area contributed by atoms with Crippen LogP contribution in [0.4, 0.5) is 4.39 Å². The first-order valence-electron chi connectivity index (χ1n) is 6.21. The maximum Gasteiger partial charge on any atom is 0.232 e. The smallest absolute Gasteiger partial charge is 0.216 e. The highest BCUT2D eigenvalue weighted by Gasteiger charge is 2.20. The van der Waals surface area contributed by atoms with Gasteiger partial charge in [0.2, 0.25) is 15.0 Å². The van der Waals surface area contributed by atoms with Crippen molar-refractivity contribution in [1.29, 1.82) is 0 Å². The predicted molar refractivity (Wildman–Crippen MR) is 77.7 cm³/mol. The fourth-order valence-electron chi connectivity index (χ4n) is 1.75. The molecule has 2 nitrogen and oxygen atoms in total. The van der Waals surface area contributed by atoms with Crippen molar-refractivity contribution in [2.24, 2.45) is 0 Å². The van der Waals surface area contributed by atoms with Crippen LogP contribution in [-0.4, -0.2) is 8.42 Å². The summed E-state index contributed by atoms with van der Waals surface area (Å²) in [7, 11) is -4.03. The Morgan fingerprint density at radius 2 is 1.65 bits per heavy atom. The first kappa shape index (κ1) is 14.5. The van der Waals surface area contributed by atoms with Crippen LogP contribution in [0.3, 0.4) is 0 Å². The number of sulfone groups is 1. The quantitative estimate of drug-likeness (QED) is 0.857. The molecule has 104 valence electrons. The molecule has 0 amide bonds. The van der Waals surface area contributed by atoms with Gasteiger partial charge in [0.05, 0.1) is 4.90 Å². The van der Waals surface area contributed by atoms with E-state index in [9.17, 15) is 12.8 Å². The lowest BCUT2D eigenvalue weighted by atomic mass is 10.2. The third kappa shape index (κ3) is 3.33. The van der Waals surface area contributed by atoms with Crippen LogP contribution in [0.5, 0.6) is 0 Å². The minimum Gasteiger partial charge on any atom is -0.216 e. The average molecular weight is 290 g/mol. The molecule has 0 heterocycles. The third-order valence-electron chi connectivity index (χ3n) is 2.93. The molecule has 0 aromatic heterocycles. The fourth-order valence-corrected chi connectivity index (χ4v) is 2.77. The summed E-state index contributed by atoms with van der Waals surface area (Å²) in [5.74, 6) is 0. The molecular weight excluding hydrogens is 275 g/mol. The molecule has 0 aliphatic heterocycles. The second-order valence-electron chi connectivity index (χ2n) is 4.51. The van der Waals surface area contributed by atoms with Crippen molar-refractivity contribution >= 4 is 9.84 Å². The van der Waals surface area contributed by atoms with E-state index in [1.807, 2.05) is 37.3 Å². The van der Waals surface area contributed by atoms with E-state index in [1.54, 1.807) is 12.1 Å². The van der Waals surface area contributed by atoms with Gasteiger partial charge >= 0.3 is 0 Å². The highest BCUT2D eigenvalue weighted by Crippen LogP contribution is 2.21. The summed E-state index contributed by atoms with van der Waals surface area (Å²) in [6, 6.07) is 15.3. The Bertz CT molecular complexity index is 702. The topological polar surface area (TPSA) is 34.1 Å². The maximum atomic E-state index is 13.9. The van der Waals surface area contributed by atoms with Gasteiger partial charge in [0, 0.05) is 0 Å². The van der Waals surface area contributed by atoms with Crippen molar-refractivity contribution < 1.29 is 12.8 Å². The van der Waals surface area contributed by atoms with E-state index in [2.05, 4.69) is 0 Å². The van der Waals surface area contributed by atoms with Crippen molar-refractivity contribution in [1.82, 2.24) is 0 Å². The minimum atomic E-state index is -4.03. The number of halogens is 1. The van der Waals surface area contributed by atoms with Crippen LogP contribution in [0.25, 0.3) is 0 Å². The molecule has 0 bridgehead atoms. The molecule has 2 rings (SSSR count). The Hall–Kier alpha value is -1.94. The molecule has 0 unspecified atom stereocenters. The Balaban J connectivity index is 2.23. The largest absolute Gasteiger partial charge is 0.232 e. The second kappa shape index (κ2) is 6.01. The van der Waals surface area contributed by atoms with E-state index >= 15 is 0 Å². The van der Waals surface area contributed by atoms with Gasteiger partial charge in [-0.25, -0.2) is 8.42 Å². The molecule has 0 N–H and O–H groups in total. The van der Waals surface area contributed by atoms with E-state index < -0.39 is 15.0 Å². The molecule has 0 atom stereocenters. The monoisotopic (exact) mass is 290 g/mol. The van der Waals surface area contributed by atoms with E-state index in [0.29, 0.717) is 0 Å². The van der Waals surface area contributed by atoms with Gasteiger partial charge in [-0.1, -0.05) is 48.0 Å². The fraction of sp³-hybridized carbons (Fsp3) is 0.125. The van der Waals surface area contributed by atoms with Gasteiger partial charge in [0.15, 0.2) is 0 Å². The van der Waals surface area contributed by atoms with Gasteiger partial charge in [-0.3, -0.25) is 0 Å². The summed E-state index contributed by atoms with van der Waals surface area (Å²) in [4.78, 5) is -0.0232. The number of aryl methyl sites for hydroxylation is 1. The molecule has 0 saturated heterocycles. The van der Waals surface area contributed by atoms with Crippen LogP contribution in [0.15, 0.2) is 70.7 Å². The van der Waals surface area contributed by atoms with Gasteiger partial charge in [-0.05, 0) is 37.1 Å². The SMILES string of the molecule is Cc1ccc(S(=O)(=O)/C(F)=C\Cc2ccccc2)cc1. The maximum absolute atomic E-state index is 13.9. The molecular formula is C16H15FO2S. The zero-order valence-electron chi connectivity index (χ0n) is 11.1. The van der Waals surface area contributed by atoms with Gasteiger partial charge < -0.3 is 0 Å². The molecule has 2 aromatic rings. The van der Waals surface area contributed by atoms with Crippen molar-refractivity contribution in [3.05, 3.63) is 77.0 Å². The van der Waals surface area contributed by atoms with Crippen molar-refractivity contribution in [2.75, 3.05) is 0 Å². The summed E-state index contributed by atoms with van der Waals surface area (Å²) in [5, 5.41) is -1.11. The number of rotatable bonds is 4. The molecule has 0 saturated carbocycles. The van der Waals surface area contributed by atoms with Crippen LogP contribution in [0.1, 0.15) is 11.1 Å². The van der Waals surface area contributed by atoms with Crippen molar-refractivity contribution in [3.8, 4) is 0 Å². The second-order valence-corrected chi connectivity index (χ2v) is 6.38. The first-order chi connectivity index (χ1) is 9.50. The molecule has 0 radical (unpaired) electrons. The Labute approximate surface area is 118 Å². The van der Waals surface area contributed by atoms with Crippen molar-refractivity contribution in [3.63, 3.8) is 0 Å². The van der Waals surface area contributed by atoms with Gasteiger partial charge in [0.25, 0.3) is 0 Å². The van der Waals surface area contributed by atoms with E-state index in [0.717, 1.165) is 17.2 Å². The summed E-state index contributed by atoms with van der Waals surface area (Å²) in [5.41, 5.74) is 1.79. The van der Waals surface area contributed by atoms with E-state index in [1.165, 1.54) is 12.1 Å². The number of hydrogen-bond acceptors (Lipinski definition) is 2. The molecule has 0 spiro atoms. The highest BCUT2D eigenvalue weighted by molar-refractivity contribution is 7.95. The summed E-state index contributed by atoms with van der Waals surface area (Å²) >= 11 is 0. The zero-order chi connectivity index (χ0) is 14.6. The molecule has 2 aromatic carbocycles. The Morgan fingerprint density at radius 1 is 1.05 bits per heavy atom. The molecule has 4 heteroatoms. The third-order valence-corrected chi connectivity index (χ3v) is 4.50. The average Bonchev–Trinajstić information content (AvgIpc) is 2.46. The van der Waals surface area contributed by atoms with Crippen LogP contribution in [0.2, 0.25) is 0 Å². The summed E-state index contributed by atoms with van der Waals surface area (Å²) in [6.07, 6.45) is 1.35. The van der Waals surface area contributed by atoms with Crippen LogP contribution in [-0.2, 0) is 16.3 Å². The Morgan fingerprint density at radius 3 is 2.25 bits per heavy atom. The standard InChI is InChI=1S/C16H15FO2S/c1-13-7-10-15(11-8-13)20(18,19)16(17)12-9-14-5-3-2-4-6-14/h2-8,10-12H,9H2,1H3/b16-12-. The Kier molecular flexibility index (Phi) is 4.35. The van der Waals surface area contributed by atoms with E-state index in [-0.39, 0.29) is 11.3 Å². The first-order valence-corrected chi connectivity index (χ1v) is 7.70. The molecule has 0 fully saturated rings. The molecule has 20 heavy (non-hydrogen) atoms. The summed E-state index contributed by atoms with van der Waals surface area (Å²) in [6.45, 7) is 1.85. The number of hydrogen-bond donors (Lipinski definition) is 0. The summed E-state index contributed by atoms with van der Waals surface area (Å²) < 4.78 is 38.0. The van der Waals surface area contributed by atoms with Crippen LogP contribution < -0.4 is 0 Å². The lowest BCUT2D eigenvalue weighted by molar-refractivity contribution is 0.576. The minimum absolute atomic E-state index is 0.0232. The molecule has 0 aliphatic carbocycles. The van der Waals surface area contributed by atoms with E-state index in [4.69, 9.17) is 0 Å². The molecule has 0 aliphatic rings. The van der Waals surface area contributed by atoms with Gasteiger partial charge in [-0.15, -0.1) is 0 Å². The van der Waals surface area contributed by atoms with Crippen molar-refractivity contribution in [2.45, 2.75) is 18.2 Å². The van der Waals surface area contributed by atoms with Gasteiger partial charge in [0.1, 0.15) is 0 Å². The zero-order valence-corrected chi connectivity index (χ0v) is 11.9. The van der Waals surface area contributed by atoms with Crippen LogP contribution >= 0.6 is 0 Å². The lowest BCUT2D eigenvalue weighted by Crippen LogP contribution is -2.02. The lowest BCUT2D eigenvalue weighted by Gasteiger charge is -2.03. The number of allylic oxidation sites excluding steroid dienone is 1. The van der Waals surface area contributed by atoms with Gasteiger partial charge in [-0.2, -0.15) is 4.39 Å².